The Morgan fingerprint density at radius 3 is 2.68 bits per heavy atom. The minimum atomic E-state index is -0.918. The van der Waals surface area contributed by atoms with E-state index in [-0.39, 0.29) is 5.91 Å². The molecular weight excluding hydrogens is 368 g/mol. The van der Waals surface area contributed by atoms with E-state index < -0.39 is 10.8 Å². The Labute approximate surface area is 170 Å². The van der Waals surface area contributed by atoms with Gasteiger partial charge in [0.25, 0.3) is 5.91 Å². The van der Waals surface area contributed by atoms with E-state index in [9.17, 15) is 9.00 Å². The SMILES string of the molecule is C[C@@H]1CCCCN1Cc1ccccc1CNC(=O)c1cccc(C[S@](C)=O)c1. The number of rotatable bonds is 7. The minimum Gasteiger partial charge on any atom is -0.348 e. The van der Waals surface area contributed by atoms with Crippen LogP contribution in [0, 0.1) is 0 Å². The van der Waals surface area contributed by atoms with Gasteiger partial charge in [0.05, 0.1) is 0 Å². The van der Waals surface area contributed by atoms with Crippen molar-refractivity contribution < 1.29 is 9.00 Å². The van der Waals surface area contributed by atoms with Gasteiger partial charge in [-0.25, -0.2) is 0 Å². The first-order valence-corrected chi connectivity index (χ1v) is 11.7. The summed E-state index contributed by atoms with van der Waals surface area (Å²) in [5.41, 5.74) is 3.99. The quantitative estimate of drug-likeness (QED) is 0.770. The van der Waals surface area contributed by atoms with Crippen LogP contribution in [-0.2, 0) is 29.6 Å². The molecule has 150 valence electrons. The number of amides is 1. The van der Waals surface area contributed by atoms with Crippen LogP contribution in [-0.4, -0.2) is 33.9 Å². The predicted octanol–water partition coefficient (Wildman–Crippen LogP) is 3.87. The summed E-state index contributed by atoms with van der Waals surface area (Å²) in [6.45, 7) is 4.90. The average molecular weight is 399 g/mol. The predicted molar refractivity (Wildman–Crippen MR) is 116 cm³/mol. The first-order chi connectivity index (χ1) is 13.5. The number of nitrogens with zero attached hydrogens (tertiary/aromatic N) is 1. The summed E-state index contributed by atoms with van der Waals surface area (Å²) in [5.74, 6) is 0.378. The zero-order chi connectivity index (χ0) is 19.9. The maximum Gasteiger partial charge on any atom is 0.251 e. The summed E-state index contributed by atoms with van der Waals surface area (Å²) in [6, 6.07) is 16.4. The fraction of sp³-hybridized carbons (Fsp3) is 0.435. The third-order valence-corrected chi connectivity index (χ3v) is 6.17. The van der Waals surface area contributed by atoms with Gasteiger partial charge in [0.2, 0.25) is 0 Å². The Hall–Kier alpha value is -1.98. The first kappa shape index (κ1) is 20.7. The molecule has 1 saturated heterocycles. The molecular formula is C23H30N2O2S. The largest absolute Gasteiger partial charge is 0.348 e. The molecule has 4 nitrogen and oxygen atoms in total. The number of hydrogen-bond acceptors (Lipinski definition) is 3. The van der Waals surface area contributed by atoms with E-state index in [1.165, 1.54) is 30.4 Å². The molecule has 5 heteroatoms. The van der Waals surface area contributed by atoms with Crippen molar-refractivity contribution in [1.29, 1.82) is 0 Å². The molecule has 3 rings (SSSR count). The van der Waals surface area contributed by atoms with Crippen molar-refractivity contribution in [3.63, 3.8) is 0 Å². The van der Waals surface area contributed by atoms with E-state index in [2.05, 4.69) is 35.3 Å². The summed E-state index contributed by atoms with van der Waals surface area (Å²) in [4.78, 5) is 15.2. The third-order valence-electron chi connectivity index (χ3n) is 5.43. The second-order valence-corrected chi connectivity index (χ2v) is 9.12. The molecule has 1 aliphatic rings. The molecule has 1 aliphatic heterocycles. The number of benzene rings is 2. The molecule has 2 atom stereocenters. The summed E-state index contributed by atoms with van der Waals surface area (Å²) in [6.07, 6.45) is 5.52. The van der Waals surface area contributed by atoms with Crippen LogP contribution in [0.3, 0.4) is 0 Å². The van der Waals surface area contributed by atoms with Gasteiger partial charge in [0.1, 0.15) is 0 Å². The van der Waals surface area contributed by atoms with Gasteiger partial charge in [-0.05, 0) is 55.1 Å². The molecule has 1 amide bonds. The molecule has 0 bridgehead atoms. The van der Waals surface area contributed by atoms with Crippen LogP contribution >= 0.6 is 0 Å². The molecule has 28 heavy (non-hydrogen) atoms. The van der Waals surface area contributed by atoms with Crippen LogP contribution in [0.1, 0.15) is 53.2 Å². The number of hydrogen-bond donors (Lipinski definition) is 1. The zero-order valence-corrected chi connectivity index (χ0v) is 17.6. The topological polar surface area (TPSA) is 49.4 Å². The molecule has 2 aromatic rings. The number of carbonyl (C=O) groups excluding carboxylic acids is 1. The van der Waals surface area contributed by atoms with Crippen LogP contribution in [0.25, 0.3) is 0 Å². The Morgan fingerprint density at radius 2 is 1.93 bits per heavy atom. The second kappa shape index (κ2) is 9.99. The molecule has 0 saturated carbocycles. The summed E-state index contributed by atoms with van der Waals surface area (Å²) in [5, 5.41) is 3.05. The highest BCUT2D eigenvalue weighted by Gasteiger charge is 2.19. The van der Waals surface area contributed by atoms with Crippen molar-refractivity contribution >= 4 is 16.7 Å². The molecule has 0 unspecified atom stereocenters. The van der Waals surface area contributed by atoms with Crippen LogP contribution in [0.15, 0.2) is 48.5 Å². The standard InChI is InChI=1S/C23H30N2O2S/c1-18-8-5-6-13-25(18)16-22-11-4-3-10-21(22)15-24-23(26)20-12-7-9-19(14-20)17-28(2)27/h3-4,7,9-12,14,18H,5-6,8,13,15-17H2,1-2H3,(H,24,26)/t18-,28+/m1/s1. The zero-order valence-electron chi connectivity index (χ0n) is 16.8. The van der Waals surface area contributed by atoms with Gasteiger partial charge >= 0.3 is 0 Å². The number of carbonyl (C=O) groups is 1. The Balaban J connectivity index is 1.64. The van der Waals surface area contributed by atoms with Crippen molar-refractivity contribution in [3.05, 3.63) is 70.8 Å². The Kier molecular flexibility index (Phi) is 7.40. The van der Waals surface area contributed by atoms with E-state index in [0.29, 0.717) is 23.9 Å². The second-order valence-electron chi connectivity index (χ2n) is 7.68. The first-order valence-electron chi connectivity index (χ1n) is 10.0. The van der Waals surface area contributed by atoms with Gasteiger partial charge < -0.3 is 5.32 Å². The van der Waals surface area contributed by atoms with E-state index in [1.807, 2.05) is 24.3 Å². The van der Waals surface area contributed by atoms with E-state index >= 15 is 0 Å². The van der Waals surface area contributed by atoms with Gasteiger partial charge in [-0.2, -0.15) is 0 Å². The Morgan fingerprint density at radius 1 is 1.14 bits per heavy atom. The highest BCUT2D eigenvalue weighted by Crippen LogP contribution is 2.21. The molecule has 2 aromatic carbocycles. The number of likely N-dealkylation sites (tertiary alicyclic amines) is 1. The normalized spacial score (nSPS) is 18.6. The summed E-state index contributed by atoms with van der Waals surface area (Å²) in [7, 11) is -0.918. The monoisotopic (exact) mass is 398 g/mol. The van der Waals surface area contributed by atoms with Crippen molar-refractivity contribution in [2.24, 2.45) is 0 Å². The lowest BCUT2D eigenvalue weighted by atomic mass is 10.0. The Bertz CT molecular complexity index is 837. The molecule has 1 heterocycles. The molecule has 0 radical (unpaired) electrons. The minimum absolute atomic E-state index is 0.0927. The average Bonchev–Trinajstić information content (AvgIpc) is 2.68. The molecule has 1 N–H and O–H groups in total. The highest BCUT2D eigenvalue weighted by atomic mass is 32.2. The van der Waals surface area contributed by atoms with Gasteiger partial charge in [-0.3, -0.25) is 13.9 Å². The summed E-state index contributed by atoms with van der Waals surface area (Å²) < 4.78 is 11.4. The highest BCUT2D eigenvalue weighted by molar-refractivity contribution is 7.83. The smallest absolute Gasteiger partial charge is 0.251 e. The van der Waals surface area contributed by atoms with E-state index in [4.69, 9.17) is 0 Å². The fourth-order valence-electron chi connectivity index (χ4n) is 3.81. The lowest BCUT2D eigenvalue weighted by molar-refractivity contribution is 0.0950. The van der Waals surface area contributed by atoms with Crippen LogP contribution in [0.2, 0.25) is 0 Å². The lowest BCUT2D eigenvalue weighted by Crippen LogP contribution is -2.37. The van der Waals surface area contributed by atoms with Crippen LogP contribution in [0.5, 0.6) is 0 Å². The van der Waals surface area contributed by atoms with Gasteiger partial charge in [-0.1, -0.05) is 42.8 Å². The molecule has 0 spiro atoms. The van der Waals surface area contributed by atoms with Crippen molar-refractivity contribution in [2.45, 2.75) is 51.1 Å². The van der Waals surface area contributed by atoms with E-state index in [0.717, 1.165) is 18.7 Å². The maximum atomic E-state index is 12.6. The van der Waals surface area contributed by atoms with Gasteiger partial charge in [0.15, 0.2) is 0 Å². The molecule has 0 aliphatic carbocycles. The number of piperidine rings is 1. The maximum absolute atomic E-state index is 12.6. The van der Waals surface area contributed by atoms with E-state index in [1.54, 1.807) is 12.3 Å². The lowest BCUT2D eigenvalue weighted by Gasteiger charge is -2.33. The van der Waals surface area contributed by atoms with Crippen molar-refractivity contribution in [1.82, 2.24) is 10.2 Å². The fourth-order valence-corrected chi connectivity index (χ4v) is 4.46. The van der Waals surface area contributed by atoms with Gasteiger partial charge in [-0.15, -0.1) is 0 Å². The van der Waals surface area contributed by atoms with Crippen molar-refractivity contribution in [2.75, 3.05) is 12.8 Å². The van der Waals surface area contributed by atoms with Crippen LogP contribution in [0.4, 0.5) is 0 Å². The number of nitrogens with one attached hydrogen (secondary N) is 1. The molecule has 0 aromatic heterocycles. The van der Waals surface area contributed by atoms with Crippen LogP contribution < -0.4 is 5.32 Å². The van der Waals surface area contributed by atoms with Crippen molar-refractivity contribution in [3.8, 4) is 0 Å². The molecule has 1 fully saturated rings. The third kappa shape index (κ3) is 5.76. The van der Waals surface area contributed by atoms with Gasteiger partial charge in [0, 0.05) is 47.5 Å². The summed E-state index contributed by atoms with van der Waals surface area (Å²) >= 11 is 0.